The summed E-state index contributed by atoms with van der Waals surface area (Å²) in [6, 6.07) is 0.143. The van der Waals surface area contributed by atoms with E-state index in [-0.39, 0.29) is 11.6 Å². The van der Waals surface area contributed by atoms with Crippen LogP contribution in [0.5, 0.6) is 0 Å². The van der Waals surface area contributed by atoms with Crippen LogP contribution in [-0.4, -0.2) is 85.9 Å². The van der Waals surface area contributed by atoms with E-state index < -0.39 is 30.1 Å². The van der Waals surface area contributed by atoms with E-state index in [1.807, 2.05) is 13.8 Å². The lowest BCUT2D eigenvalue weighted by molar-refractivity contribution is -0.193. The van der Waals surface area contributed by atoms with E-state index in [1.165, 1.54) is 18.0 Å². The van der Waals surface area contributed by atoms with Gasteiger partial charge >= 0.3 is 24.3 Å². The van der Waals surface area contributed by atoms with Gasteiger partial charge in [-0.15, -0.1) is 0 Å². The van der Waals surface area contributed by atoms with Crippen LogP contribution in [0.2, 0.25) is 0 Å². The molecule has 0 aromatic carbocycles. The number of carboxylic acid groups (broad SMARTS) is 2. The lowest BCUT2D eigenvalue weighted by atomic mass is 9.97. The first-order chi connectivity index (χ1) is 17.9. The maximum atomic E-state index is 12.9. The van der Waals surface area contributed by atoms with Gasteiger partial charge in [-0.25, -0.2) is 23.9 Å². The number of anilines is 1. The quantitative estimate of drug-likeness (QED) is 0.461. The molecule has 2 aliphatic rings. The second-order valence-electron chi connectivity index (χ2n) is 8.63. The number of hydrogen-bond acceptors (Lipinski definition) is 9. The average Bonchev–Trinajstić information content (AvgIpc) is 3.50. The summed E-state index contributed by atoms with van der Waals surface area (Å²) in [6.07, 6.45) is -5.94. The van der Waals surface area contributed by atoms with Crippen molar-refractivity contribution in [1.82, 2.24) is 20.0 Å². The summed E-state index contributed by atoms with van der Waals surface area (Å²) >= 11 is 0. The molecule has 0 aliphatic carbocycles. The molecule has 0 radical (unpaired) electrons. The fourth-order valence-corrected chi connectivity index (χ4v) is 3.80. The fraction of sp³-hybridized carbons (Fsp3) is 0.571. The number of likely N-dealkylation sites (tertiary alicyclic amines) is 1. The predicted octanol–water partition coefficient (Wildman–Crippen LogP) is 3.33. The summed E-state index contributed by atoms with van der Waals surface area (Å²) in [5.41, 5.74) is 2.00. The Balaban J connectivity index is 0.000000317. The third kappa shape index (κ3) is 9.61. The standard InChI is InChI=1S/C17H22FN5O2.2C2HF3O2/c1-11-15(12(2)25-22-11)8-23-4-3-17(10-23)5-14(9-24-17)21-16-19-6-13(18)7-20-16;2*3-2(4,5)1(6)7/h6-7,14H,3-5,8-10H2,1-2H3,(H,19,20,21);2*(H,6,7). The van der Waals surface area contributed by atoms with Crippen molar-refractivity contribution >= 4 is 17.9 Å². The Morgan fingerprint density at radius 3 is 2.10 bits per heavy atom. The first-order valence-electron chi connectivity index (χ1n) is 11.0. The first kappa shape index (κ1) is 31.7. The van der Waals surface area contributed by atoms with E-state index in [2.05, 4.69) is 25.3 Å². The number of carboxylic acids is 2. The lowest BCUT2D eigenvalue weighted by Gasteiger charge is -2.23. The molecule has 39 heavy (non-hydrogen) atoms. The van der Waals surface area contributed by atoms with Crippen molar-refractivity contribution in [1.29, 1.82) is 0 Å². The molecule has 2 atom stereocenters. The minimum absolute atomic E-state index is 0.128. The maximum absolute atomic E-state index is 12.9. The molecule has 218 valence electrons. The summed E-state index contributed by atoms with van der Waals surface area (Å²) < 4.78 is 87.8. The van der Waals surface area contributed by atoms with Crippen LogP contribution in [0.1, 0.15) is 29.9 Å². The van der Waals surface area contributed by atoms with Crippen molar-refractivity contribution in [2.45, 2.75) is 57.2 Å². The van der Waals surface area contributed by atoms with Gasteiger partial charge in [0.25, 0.3) is 0 Å². The van der Waals surface area contributed by atoms with Crippen LogP contribution in [0.3, 0.4) is 0 Å². The highest BCUT2D eigenvalue weighted by Crippen LogP contribution is 2.36. The summed E-state index contributed by atoms with van der Waals surface area (Å²) in [5.74, 6) is -4.62. The molecule has 2 aromatic rings. The number of ether oxygens (including phenoxy) is 1. The highest BCUT2D eigenvalue weighted by Gasteiger charge is 2.46. The summed E-state index contributed by atoms with van der Waals surface area (Å²) in [7, 11) is 0. The molecule has 4 heterocycles. The maximum Gasteiger partial charge on any atom is 0.490 e. The number of nitrogens with zero attached hydrogens (tertiary/aromatic N) is 4. The van der Waals surface area contributed by atoms with Gasteiger partial charge < -0.3 is 24.8 Å². The minimum atomic E-state index is -5.08. The first-order valence-corrected chi connectivity index (χ1v) is 11.0. The number of aromatic nitrogens is 3. The van der Waals surface area contributed by atoms with Crippen molar-refractivity contribution in [3.63, 3.8) is 0 Å². The van der Waals surface area contributed by atoms with Crippen molar-refractivity contribution in [3.8, 4) is 0 Å². The molecular weight excluding hydrogens is 551 g/mol. The number of carbonyl (C=O) groups is 2. The van der Waals surface area contributed by atoms with Crippen molar-refractivity contribution < 1.29 is 59.8 Å². The molecule has 0 bridgehead atoms. The molecule has 2 fully saturated rings. The number of rotatable bonds is 4. The summed E-state index contributed by atoms with van der Waals surface area (Å²) in [6.45, 7) is 7.26. The lowest BCUT2D eigenvalue weighted by Crippen LogP contribution is -2.33. The van der Waals surface area contributed by atoms with Gasteiger partial charge in [-0.1, -0.05) is 5.16 Å². The SMILES string of the molecule is Cc1noc(C)c1CN1CCC2(CC(Nc3ncc(F)cn3)CO2)C1.O=C(O)C(F)(F)F.O=C(O)C(F)(F)F. The zero-order valence-corrected chi connectivity index (χ0v) is 20.4. The second-order valence-corrected chi connectivity index (χ2v) is 8.63. The van der Waals surface area contributed by atoms with E-state index in [9.17, 15) is 30.7 Å². The van der Waals surface area contributed by atoms with Gasteiger partial charge in [0.15, 0.2) is 5.82 Å². The molecule has 4 rings (SSSR count). The molecule has 1 spiro atoms. The van der Waals surface area contributed by atoms with E-state index in [0.717, 1.165) is 43.9 Å². The van der Waals surface area contributed by atoms with Gasteiger partial charge in [-0.2, -0.15) is 26.3 Å². The Hall–Kier alpha value is -3.54. The monoisotopic (exact) mass is 575 g/mol. The largest absolute Gasteiger partial charge is 0.490 e. The molecule has 2 aliphatic heterocycles. The van der Waals surface area contributed by atoms with E-state index in [0.29, 0.717) is 12.6 Å². The topological polar surface area (TPSA) is 151 Å². The van der Waals surface area contributed by atoms with Crippen LogP contribution in [0.4, 0.5) is 36.7 Å². The van der Waals surface area contributed by atoms with Gasteiger partial charge in [-0.05, 0) is 20.3 Å². The second kappa shape index (κ2) is 12.5. The minimum Gasteiger partial charge on any atom is -0.475 e. The van der Waals surface area contributed by atoms with Crippen LogP contribution in [0.25, 0.3) is 0 Å². The van der Waals surface area contributed by atoms with E-state index in [4.69, 9.17) is 29.1 Å². The smallest absolute Gasteiger partial charge is 0.475 e. The molecule has 11 nitrogen and oxygen atoms in total. The molecule has 2 saturated heterocycles. The Morgan fingerprint density at radius 1 is 1.10 bits per heavy atom. The predicted molar refractivity (Wildman–Crippen MR) is 116 cm³/mol. The van der Waals surface area contributed by atoms with Crippen LogP contribution in [0, 0.1) is 19.7 Å². The average molecular weight is 575 g/mol. The van der Waals surface area contributed by atoms with Crippen LogP contribution < -0.4 is 5.32 Å². The van der Waals surface area contributed by atoms with Gasteiger partial charge in [0.05, 0.1) is 36.3 Å². The Morgan fingerprint density at radius 2 is 1.64 bits per heavy atom. The van der Waals surface area contributed by atoms with E-state index >= 15 is 0 Å². The molecule has 18 heteroatoms. The van der Waals surface area contributed by atoms with Gasteiger partial charge in [0.2, 0.25) is 5.95 Å². The number of nitrogens with one attached hydrogen (secondary N) is 1. The van der Waals surface area contributed by atoms with Crippen LogP contribution in [0.15, 0.2) is 16.9 Å². The molecule has 2 aromatic heterocycles. The van der Waals surface area contributed by atoms with Crippen LogP contribution in [-0.2, 0) is 20.9 Å². The summed E-state index contributed by atoms with van der Waals surface area (Å²) in [4.78, 5) is 28.1. The third-order valence-electron chi connectivity index (χ3n) is 5.61. The van der Waals surface area contributed by atoms with Crippen molar-refractivity contribution in [2.75, 3.05) is 25.0 Å². The van der Waals surface area contributed by atoms with E-state index in [1.54, 1.807) is 0 Å². The third-order valence-corrected chi connectivity index (χ3v) is 5.61. The fourth-order valence-electron chi connectivity index (χ4n) is 3.80. The number of halogens is 7. The zero-order valence-electron chi connectivity index (χ0n) is 20.4. The normalized spacial score (nSPS) is 21.1. The summed E-state index contributed by atoms with van der Waals surface area (Å²) in [5, 5.41) is 21.5. The Kier molecular flexibility index (Phi) is 10.2. The Labute approximate surface area is 215 Å². The molecular formula is C21H24F7N5O6. The number of aryl methyl sites for hydroxylation is 2. The van der Waals surface area contributed by atoms with Crippen LogP contribution >= 0.6 is 0 Å². The zero-order chi connectivity index (χ0) is 29.6. The number of alkyl halides is 6. The number of aliphatic carboxylic acids is 2. The van der Waals surface area contributed by atoms with Crippen molar-refractivity contribution in [3.05, 3.63) is 35.2 Å². The van der Waals surface area contributed by atoms with Gasteiger partial charge in [0, 0.05) is 31.6 Å². The Bertz CT molecular complexity index is 1080. The van der Waals surface area contributed by atoms with Gasteiger partial charge in [-0.3, -0.25) is 4.90 Å². The number of hydrogen-bond donors (Lipinski definition) is 3. The van der Waals surface area contributed by atoms with Gasteiger partial charge in [0.1, 0.15) is 5.76 Å². The molecule has 0 saturated carbocycles. The molecule has 2 unspecified atom stereocenters. The van der Waals surface area contributed by atoms with Crippen molar-refractivity contribution in [2.24, 2.45) is 0 Å². The highest BCUT2D eigenvalue weighted by atomic mass is 19.4. The molecule has 3 N–H and O–H groups in total. The highest BCUT2D eigenvalue weighted by molar-refractivity contribution is 5.73. The molecule has 0 amide bonds.